The molecule has 1 aliphatic heterocycles. The molecule has 0 spiro atoms. The van der Waals surface area contributed by atoms with Crippen LogP contribution in [0.3, 0.4) is 0 Å². The normalized spacial score (nSPS) is 16.4. The highest BCUT2D eigenvalue weighted by molar-refractivity contribution is 5.79. The van der Waals surface area contributed by atoms with Crippen LogP contribution < -0.4 is 4.74 Å². The number of amides is 1. The molecule has 1 unspecified atom stereocenters. The highest BCUT2D eigenvalue weighted by atomic mass is 16.5. The largest absolute Gasteiger partial charge is 0.494 e. The third-order valence-electron chi connectivity index (χ3n) is 5.06. The highest BCUT2D eigenvalue weighted by Gasteiger charge is 2.33. The third-order valence-corrected chi connectivity index (χ3v) is 5.06. The highest BCUT2D eigenvalue weighted by Crippen LogP contribution is 2.29. The van der Waals surface area contributed by atoms with Crippen LogP contribution in [0.1, 0.15) is 42.6 Å². The number of likely N-dealkylation sites (tertiary alicyclic amines) is 1. The lowest BCUT2D eigenvalue weighted by atomic mass is 10.1. The molecule has 0 radical (unpaired) electrons. The van der Waals surface area contributed by atoms with Crippen LogP contribution in [-0.2, 0) is 11.3 Å². The summed E-state index contributed by atoms with van der Waals surface area (Å²) in [4.78, 5) is 18.9. The van der Waals surface area contributed by atoms with E-state index in [0.29, 0.717) is 37.8 Å². The molecule has 1 atom stereocenters. The molecule has 2 aromatic carbocycles. The molecule has 0 saturated carbocycles. The standard InChI is InChI=1S/C23H25N3O3/c1-3-11-28-20-9-7-17(8-10-20)14-26-15-19(13-21(26)27)22-24-23(29-25-22)18-6-4-5-16(2)12-18/h4-10,12,19H,3,11,13-15H2,1-2H3. The monoisotopic (exact) mass is 391 g/mol. The van der Waals surface area contributed by atoms with E-state index in [9.17, 15) is 4.79 Å². The minimum atomic E-state index is -0.0445. The van der Waals surface area contributed by atoms with Crippen molar-refractivity contribution in [3.63, 3.8) is 0 Å². The van der Waals surface area contributed by atoms with Gasteiger partial charge in [0.25, 0.3) is 5.89 Å². The summed E-state index contributed by atoms with van der Waals surface area (Å²) < 4.78 is 11.1. The molecule has 1 aliphatic rings. The average Bonchev–Trinajstić information content (AvgIpc) is 3.35. The Labute approximate surface area is 170 Å². The van der Waals surface area contributed by atoms with E-state index in [2.05, 4.69) is 17.1 Å². The SMILES string of the molecule is CCCOc1ccc(CN2CC(c3noc(-c4cccc(C)c4)n3)CC2=O)cc1. The number of hydrogen-bond acceptors (Lipinski definition) is 5. The first kappa shape index (κ1) is 19.2. The topological polar surface area (TPSA) is 68.5 Å². The molecule has 3 aromatic rings. The molecule has 1 fully saturated rings. The maximum atomic E-state index is 12.5. The second-order valence-corrected chi connectivity index (χ2v) is 7.49. The van der Waals surface area contributed by atoms with E-state index < -0.39 is 0 Å². The van der Waals surface area contributed by atoms with Crippen LogP contribution in [0.15, 0.2) is 53.1 Å². The Kier molecular flexibility index (Phi) is 5.60. The quantitative estimate of drug-likeness (QED) is 0.599. The number of aromatic nitrogens is 2. The molecule has 29 heavy (non-hydrogen) atoms. The predicted molar refractivity (Wildman–Crippen MR) is 109 cm³/mol. The van der Waals surface area contributed by atoms with Crippen molar-refractivity contribution < 1.29 is 14.1 Å². The fourth-order valence-corrected chi connectivity index (χ4v) is 3.53. The second kappa shape index (κ2) is 8.47. The average molecular weight is 391 g/mol. The summed E-state index contributed by atoms with van der Waals surface area (Å²) in [6.07, 6.45) is 1.39. The molecule has 6 nitrogen and oxygen atoms in total. The summed E-state index contributed by atoms with van der Waals surface area (Å²) in [7, 11) is 0. The Bertz CT molecular complexity index is 981. The van der Waals surface area contributed by atoms with Crippen LogP contribution >= 0.6 is 0 Å². The number of ether oxygens (including phenoxy) is 1. The molecule has 1 saturated heterocycles. The van der Waals surface area contributed by atoms with Crippen LogP contribution in [-0.4, -0.2) is 34.1 Å². The number of benzene rings is 2. The third kappa shape index (κ3) is 4.47. The number of aryl methyl sites for hydroxylation is 1. The zero-order chi connectivity index (χ0) is 20.2. The van der Waals surface area contributed by atoms with Gasteiger partial charge in [0.05, 0.1) is 6.61 Å². The number of carbonyl (C=O) groups is 1. The Morgan fingerprint density at radius 1 is 1.21 bits per heavy atom. The lowest BCUT2D eigenvalue weighted by Crippen LogP contribution is -2.24. The summed E-state index contributed by atoms with van der Waals surface area (Å²) in [5.41, 5.74) is 3.11. The summed E-state index contributed by atoms with van der Waals surface area (Å²) >= 11 is 0. The van der Waals surface area contributed by atoms with Crippen LogP contribution in [0.4, 0.5) is 0 Å². The second-order valence-electron chi connectivity index (χ2n) is 7.49. The number of carbonyl (C=O) groups excluding carboxylic acids is 1. The van der Waals surface area contributed by atoms with Gasteiger partial charge in [-0.1, -0.05) is 41.9 Å². The summed E-state index contributed by atoms with van der Waals surface area (Å²) in [6.45, 7) is 5.99. The van der Waals surface area contributed by atoms with Crippen molar-refractivity contribution in [1.82, 2.24) is 15.0 Å². The number of hydrogen-bond donors (Lipinski definition) is 0. The van der Waals surface area contributed by atoms with E-state index in [1.165, 1.54) is 0 Å². The zero-order valence-corrected chi connectivity index (χ0v) is 16.8. The number of rotatable bonds is 7. The maximum absolute atomic E-state index is 12.5. The van der Waals surface area contributed by atoms with Crippen LogP contribution in [0.5, 0.6) is 5.75 Å². The van der Waals surface area contributed by atoms with E-state index in [-0.39, 0.29) is 11.8 Å². The molecule has 6 heteroatoms. The van der Waals surface area contributed by atoms with Gasteiger partial charge in [-0.15, -0.1) is 0 Å². The lowest BCUT2D eigenvalue weighted by molar-refractivity contribution is -0.128. The van der Waals surface area contributed by atoms with Crippen molar-refractivity contribution in [3.8, 4) is 17.2 Å². The smallest absolute Gasteiger partial charge is 0.257 e. The molecule has 0 N–H and O–H groups in total. The summed E-state index contributed by atoms with van der Waals surface area (Å²) in [6, 6.07) is 15.9. The number of nitrogens with zero attached hydrogens (tertiary/aromatic N) is 3. The minimum Gasteiger partial charge on any atom is -0.494 e. The van der Waals surface area contributed by atoms with Crippen molar-refractivity contribution in [1.29, 1.82) is 0 Å². The van der Waals surface area contributed by atoms with E-state index in [0.717, 1.165) is 28.9 Å². The molecule has 0 aliphatic carbocycles. The maximum Gasteiger partial charge on any atom is 0.257 e. The van der Waals surface area contributed by atoms with Crippen LogP contribution in [0.2, 0.25) is 0 Å². The molecule has 2 heterocycles. The van der Waals surface area contributed by atoms with Gasteiger partial charge in [-0.3, -0.25) is 4.79 Å². The van der Waals surface area contributed by atoms with Gasteiger partial charge < -0.3 is 14.2 Å². The van der Waals surface area contributed by atoms with Gasteiger partial charge in [0.15, 0.2) is 5.82 Å². The first-order valence-electron chi connectivity index (χ1n) is 10.0. The lowest BCUT2D eigenvalue weighted by Gasteiger charge is -2.16. The Morgan fingerprint density at radius 2 is 2.03 bits per heavy atom. The van der Waals surface area contributed by atoms with Gasteiger partial charge in [0.2, 0.25) is 5.91 Å². The van der Waals surface area contributed by atoms with Gasteiger partial charge in [0, 0.05) is 31.0 Å². The van der Waals surface area contributed by atoms with E-state index in [1.807, 2.05) is 60.4 Å². The fourth-order valence-electron chi connectivity index (χ4n) is 3.53. The first-order chi connectivity index (χ1) is 14.1. The molecule has 0 bridgehead atoms. The van der Waals surface area contributed by atoms with Crippen LogP contribution in [0.25, 0.3) is 11.5 Å². The molecule has 4 rings (SSSR count). The molecule has 1 aromatic heterocycles. The van der Waals surface area contributed by atoms with Crippen molar-refractivity contribution in [2.24, 2.45) is 0 Å². The van der Waals surface area contributed by atoms with E-state index >= 15 is 0 Å². The summed E-state index contributed by atoms with van der Waals surface area (Å²) in [5, 5.41) is 4.14. The van der Waals surface area contributed by atoms with Crippen LogP contribution in [0, 0.1) is 6.92 Å². The van der Waals surface area contributed by atoms with Crippen molar-refractivity contribution >= 4 is 5.91 Å². The fraction of sp³-hybridized carbons (Fsp3) is 0.348. The minimum absolute atomic E-state index is 0.0445. The molecule has 1 amide bonds. The zero-order valence-electron chi connectivity index (χ0n) is 16.8. The Morgan fingerprint density at radius 3 is 2.79 bits per heavy atom. The van der Waals surface area contributed by atoms with E-state index in [4.69, 9.17) is 9.26 Å². The molecular weight excluding hydrogens is 366 g/mol. The Balaban J connectivity index is 1.40. The van der Waals surface area contributed by atoms with Crippen molar-refractivity contribution in [3.05, 3.63) is 65.5 Å². The van der Waals surface area contributed by atoms with Gasteiger partial charge >= 0.3 is 0 Å². The van der Waals surface area contributed by atoms with Gasteiger partial charge in [0.1, 0.15) is 5.75 Å². The van der Waals surface area contributed by atoms with Gasteiger partial charge in [-0.25, -0.2) is 0 Å². The molecular formula is C23H25N3O3. The molecule has 150 valence electrons. The van der Waals surface area contributed by atoms with Crippen molar-refractivity contribution in [2.45, 2.75) is 39.2 Å². The van der Waals surface area contributed by atoms with Crippen molar-refractivity contribution in [2.75, 3.05) is 13.2 Å². The predicted octanol–water partition coefficient (Wildman–Crippen LogP) is 4.35. The van der Waals surface area contributed by atoms with E-state index in [1.54, 1.807) is 0 Å². The first-order valence-corrected chi connectivity index (χ1v) is 10.0. The summed E-state index contributed by atoms with van der Waals surface area (Å²) in [5.74, 6) is 2.02. The Hall–Kier alpha value is -3.15. The van der Waals surface area contributed by atoms with Gasteiger partial charge in [-0.05, 0) is 43.2 Å². The van der Waals surface area contributed by atoms with Gasteiger partial charge in [-0.2, -0.15) is 4.98 Å².